The quantitative estimate of drug-likeness (QED) is 0.753. The summed E-state index contributed by atoms with van der Waals surface area (Å²) < 4.78 is 6.58. The second-order valence-corrected chi connectivity index (χ2v) is 5.27. The zero-order valence-electron chi connectivity index (χ0n) is 11.4. The van der Waals surface area contributed by atoms with Crippen molar-refractivity contribution in [3.05, 3.63) is 64.1 Å². The summed E-state index contributed by atoms with van der Waals surface area (Å²) in [6.45, 7) is 1.77. The first-order chi connectivity index (χ1) is 10.2. The number of halogens is 1. The number of hydrogen-bond acceptors (Lipinski definition) is 3. The van der Waals surface area contributed by atoms with Gasteiger partial charge in [-0.3, -0.25) is 0 Å². The molecule has 4 nitrogen and oxygen atoms in total. The number of aromatic carboxylic acids is 1. The lowest BCUT2D eigenvalue weighted by atomic mass is 10.2. The molecular formula is C16H16BrNO3. The van der Waals surface area contributed by atoms with E-state index in [2.05, 4.69) is 21.2 Å². The molecular weight excluding hydrogens is 334 g/mol. The summed E-state index contributed by atoms with van der Waals surface area (Å²) in [5.74, 6) is -0.584. The molecule has 0 amide bonds. The van der Waals surface area contributed by atoms with Gasteiger partial charge >= 0.3 is 5.97 Å². The molecule has 2 aromatic rings. The molecule has 0 saturated heterocycles. The van der Waals surface area contributed by atoms with Gasteiger partial charge in [0.2, 0.25) is 0 Å². The number of para-hydroxylation sites is 1. The van der Waals surface area contributed by atoms with Crippen molar-refractivity contribution in [1.82, 2.24) is 5.32 Å². The molecule has 0 heterocycles. The highest BCUT2D eigenvalue weighted by Crippen LogP contribution is 2.17. The van der Waals surface area contributed by atoms with E-state index in [0.29, 0.717) is 18.9 Å². The van der Waals surface area contributed by atoms with Gasteiger partial charge in [-0.2, -0.15) is 0 Å². The number of carboxylic acids is 1. The van der Waals surface area contributed by atoms with E-state index in [0.717, 1.165) is 11.0 Å². The maximum Gasteiger partial charge on any atom is 0.339 e. The molecule has 0 atom stereocenters. The van der Waals surface area contributed by atoms with Crippen LogP contribution in [-0.2, 0) is 6.54 Å². The fraction of sp³-hybridized carbons (Fsp3) is 0.188. The maximum absolute atomic E-state index is 11.0. The van der Waals surface area contributed by atoms with Crippen molar-refractivity contribution in [3.63, 3.8) is 0 Å². The Morgan fingerprint density at radius 2 is 1.86 bits per heavy atom. The predicted molar refractivity (Wildman–Crippen MR) is 84.7 cm³/mol. The Bertz CT molecular complexity index is 616. The summed E-state index contributed by atoms with van der Waals surface area (Å²) in [7, 11) is 0. The van der Waals surface area contributed by atoms with E-state index in [-0.39, 0.29) is 5.56 Å². The number of hydrogen-bond donors (Lipinski definition) is 2. The van der Waals surface area contributed by atoms with Gasteiger partial charge < -0.3 is 15.2 Å². The third-order valence-corrected chi connectivity index (χ3v) is 3.70. The van der Waals surface area contributed by atoms with Gasteiger partial charge in [0, 0.05) is 17.6 Å². The lowest BCUT2D eigenvalue weighted by molar-refractivity contribution is 0.0692. The number of rotatable bonds is 7. The predicted octanol–water partition coefficient (Wildman–Crippen LogP) is 3.32. The lowest BCUT2D eigenvalue weighted by Crippen LogP contribution is -2.21. The smallest absolute Gasteiger partial charge is 0.339 e. The summed E-state index contributed by atoms with van der Waals surface area (Å²) in [6, 6.07) is 14.6. The van der Waals surface area contributed by atoms with Crippen molar-refractivity contribution in [2.45, 2.75) is 6.54 Å². The van der Waals surface area contributed by atoms with Crippen molar-refractivity contribution in [1.29, 1.82) is 0 Å². The van der Waals surface area contributed by atoms with Crippen LogP contribution in [0, 0.1) is 0 Å². The van der Waals surface area contributed by atoms with E-state index in [1.807, 2.05) is 24.3 Å². The molecule has 0 aromatic heterocycles. The second-order valence-electron chi connectivity index (χ2n) is 4.42. The number of carbonyl (C=O) groups is 1. The van der Waals surface area contributed by atoms with Crippen LogP contribution < -0.4 is 10.1 Å². The Kier molecular flexibility index (Phi) is 5.78. The van der Waals surface area contributed by atoms with Crippen molar-refractivity contribution in [3.8, 4) is 5.75 Å². The Morgan fingerprint density at radius 3 is 2.62 bits per heavy atom. The first-order valence-corrected chi connectivity index (χ1v) is 7.37. The minimum absolute atomic E-state index is 0.184. The number of benzene rings is 2. The zero-order valence-corrected chi connectivity index (χ0v) is 13.0. The van der Waals surface area contributed by atoms with Crippen LogP contribution in [0.15, 0.2) is 53.0 Å². The molecule has 0 fully saturated rings. The Hall–Kier alpha value is -1.85. The second kappa shape index (κ2) is 7.81. The average molecular weight is 350 g/mol. The maximum atomic E-state index is 11.0. The van der Waals surface area contributed by atoms with E-state index >= 15 is 0 Å². The summed E-state index contributed by atoms with van der Waals surface area (Å²) >= 11 is 3.49. The van der Waals surface area contributed by atoms with Gasteiger partial charge in [-0.25, -0.2) is 4.79 Å². The monoisotopic (exact) mass is 349 g/mol. The highest BCUT2D eigenvalue weighted by molar-refractivity contribution is 9.10. The average Bonchev–Trinajstić information content (AvgIpc) is 2.49. The van der Waals surface area contributed by atoms with Gasteiger partial charge in [-0.1, -0.05) is 46.3 Å². The number of nitrogens with one attached hydrogen (secondary N) is 1. The van der Waals surface area contributed by atoms with Crippen molar-refractivity contribution < 1.29 is 14.6 Å². The molecule has 0 saturated carbocycles. The third kappa shape index (κ3) is 4.58. The van der Waals surface area contributed by atoms with Crippen LogP contribution in [0.5, 0.6) is 5.75 Å². The van der Waals surface area contributed by atoms with Crippen molar-refractivity contribution >= 4 is 21.9 Å². The van der Waals surface area contributed by atoms with Crippen LogP contribution >= 0.6 is 15.9 Å². The van der Waals surface area contributed by atoms with Gasteiger partial charge in [-0.15, -0.1) is 0 Å². The molecule has 110 valence electrons. The summed E-state index contributed by atoms with van der Waals surface area (Å²) in [5.41, 5.74) is 1.35. The van der Waals surface area contributed by atoms with Gasteiger partial charge in [0.25, 0.3) is 0 Å². The Morgan fingerprint density at radius 1 is 1.14 bits per heavy atom. The van der Waals surface area contributed by atoms with Gasteiger partial charge in [-0.05, 0) is 23.8 Å². The van der Waals surface area contributed by atoms with Crippen molar-refractivity contribution in [2.75, 3.05) is 13.2 Å². The van der Waals surface area contributed by atoms with Gasteiger partial charge in [0.15, 0.2) is 0 Å². The molecule has 0 aliphatic heterocycles. The molecule has 0 radical (unpaired) electrons. The molecule has 0 aliphatic carbocycles. The molecule has 2 N–H and O–H groups in total. The van der Waals surface area contributed by atoms with Crippen LogP contribution in [0.3, 0.4) is 0 Å². The van der Waals surface area contributed by atoms with Gasteiger partial charge in [0.1, 0.15) is 17.9 Å². The highest BCUT2D eigenvalue weighted by atomic mass is 79.9. The fourth-order valence-corrected chi connectivity index (χ4v) is 2.29. The van der Waals surface area contributed by atoms with E-state index < -0.39 is 5.97 Å². The minimum Gasteiger partial charge on any atom is -0.491 e. The van der Waals surface area contributed by atoms with E-state index in [4.69, 9.17) is 9.84 Å². The van der Waals surface area contributed by atoms with Crippen LogP contribution in [0.4, 0.5) is 0 Å². The zero-order chi connectivity index (χ0) is 15.1. The normalized spacial score (nSPS) is 10.3. The molecule has 0 unspecified atom stereocenters. The summed E-state index contributed by atoms with van der Waals surface area (Å²) in [4.78, 5) is 11.0. The van der Waals surface area contributed by atoms with Crippen molar-refractivity contribution in [2.24, 2.45) is 0 Å². The van der Waals surface area contributed by atoms with Crippen LogP contribution in [-0.4, -0.2) is 24.2 Å². The molecule has 0 bridgehead atoms. The Balaban J connectivity index is 1.78. The lowest BCUT2D eigenvalue weighted by Gasteiger charge is -2.10. The first kappa shape index (κ1) is 15.5. The summed E-state index contributed by atoms with van der Waals surface area (Å²) in [5, 5.41) is 12.3. The van der Waals surface area contributed by atoms with E-state index in [1.54, 1.807) is 18.2 Å². The molecule has 0 aliphatic rings. The fourth-order valence-electron chi connectivity index (χ4n) is 1.87. The number of ether oxygens (including phenoxy) is 1. The topological polar surface area (TPSA) is 58.6 Å². The largest absolute Gasteiger partial charge is 0.491 e. The van der Waals surface area contributed by atoms with Crippen LogP contribution in [0.2, 0.25) is 0 Å². The molecule has 0 spiro atoms. The minimum atomic E-state index is -0.980. The van der Waals surface area contributed by atoms with E-state index in [1.165, 1.54) is 11.6 Å². The third-order valence-electron chi connectivity index (χ3n) is 2.93. The first-order valence-electron chi connectivity index (χ1n) is 6.57. The van der Waals surface area contributed by atoms with Gasteiger partial charge in [0.05, 0.1) is 0 Å². The molecule has 2 rings (SSSR count). The van der Waals surface area contributed by atoms with Crippen LogP contribution in [0.25, 0.3) is 0 Å². The molecule has 2 aromatic carbocycles. The SMILES string of the molecule is O=C(O)c1ccccc1OCCNCc1ccccc1Br. The Labute approximate surface area is 131 Å². The standard InChI is InChI=1S/C16H16BrNO3/c17-14-7-3-1-5-12(14)11-18-9-10-21-15-8-4-2-6-13(15)16(19)20/h1-8,18H,9-11H2,(H,19,20). The summed E-state index contributed by atoms with van der Waals surface area (Å²) in [6.07, 6.45) is 0. The highest BCUT2D eigenvalue weighted by Gasteiger charge is 2.09. The van der Waals surface area contributed by atoms with Crippen LogP contribution in [0.1, 0.15) is 15.9 Å². The molecule has 5 heteroatoms. The number of carboxylic acid groups (broad SMARTS) is 1. The molecule has 21 heavy (non-hydrogen) atoms. The van der Waals surface area contributed by atoms with E-state index in [9.17, 15) is 4.79 Å².